The Hall–Kier alpha value is -4.09. The molecule has 0 aromatic carbocycles. The van der Waals surface area contributed by atoms with E-state index < -0.39 is 5.91 Å². The monoisotopic (exact) mass is 295 g/mol. The fourth-order valence-electron chi connectivity index (χ4n) is 0.684. The number of carbonyl (C=O) groups excluding carboxylic acids is 1. The lowest BCUT2D eigenvalue weighted by Crippen LogP contribution is -2.23. The normalized spacial score (nSPS) is 5.35. The lowest BCUT2D eigenvalue weighted by molar-refractivity contribution is -0.161. The number of amides is 1. The Morgan fingerprint density at radius 2 is 1.04 bits per heavy atom. The van der Waals surface area contributed by atoms with Gasteiger partial charge in [-0.3, -0.25) is 9.63 Å². The van der Waals surface area contributed by atoms with Crippen LogP contribution in [0.1, 0.15) is 6.92 Å². The molecule has 0 rings (SSSR count). The SMILES string of the molecule is CC#CC#CC#CC#CC#CC#CC#CC#CC(=O)N(C)OC. The smallest absolute Gasteiger partial charge is 0.274 e. The van der Waals surface area contributed by atoms with Crippen molar-refractivity contribution in [2.24, 2.45) is 0 Å². The molecule has 1 amide bonds. The Morgan fingerprint density at radius 3 is 1.39 bits per heavy atom. The molecule has 0 fully saturated rings. The van der Waals surface area contributed by atoms with E-state index in [0.29, 0.717) is 0 Å². The van der Waals surface area contributed by atoms with Gasteiger partial charge in [0.05, 0.1) is 7.11 Å². The number of carbonyl (C=O) groups is 1. The van der Waals surface area contributed by atoms with Crippen molar-refractivity contribution in [2.75, 3.05) is 14.2 Å². The summed E-state index contributed by atoms with van der Waals surface area (Å²) in [6, 6.07) is 0. The molecule has 0 radical (unpaired) electrons. The lowest BCUT2D eigenvalue weighted by Gasteiger charge is -2.07. The summed E-state index contributed by atoms with van der Waals surface area (Å²) in [5.74, 6) is 38.9. The Bertz CT molecular complexity index is 940. The number of nitrogens with zero attached hydrogens (tertiary/aromatic N) is 1. The average Bonchev–Trinajstić information content (AvgIpc) is 2.57. The van der Waals surface area contributed by atoms with Gasteiger partial charge in [-0.25, -0.2) is 5.06 Å². The van der Waals surface area contributed by atoms with Crippen LogP contribution in [0.25, 0.3) is 0 Å². The highest BCUT2D eigenvalue weighted by Crippen LogP contribution is 1.80. The van der Waals surface area contributed by atoms with E-state index in [1.165, 1.54) is 14.2 Å². The minimum atomic E-state index is -0.502. The van der Waals surface area contributed by atoms with Gasteiger partial charge in [-0.1, -0.05) is 5.92 Å². The van der Waals surface area contributed by atoms with E-state index in [9.17, 15) is 4.79 Å². The van der Waals surface area contributed by atoms with Gasteiger partial charge < -0.3 is 0 Å². The van der Waals surface area contributed by atoms with Crippen LogP contribution in [0.4, 0.5) is 0 Å². The molecule has 23 heavy (non-hydrogen) atoms. The van der Waals surface area contributed by atoms with E-state index in [1.54, 1.807) is 6.92 Å². The number of hydrogen-bond donors (Lipinski definition) is 0. The third-order valence-electron chi connectivity index (χ3n) is 1.67. The summed E-state index contributed by atoms with van der Waals surface area (Å²) in [4.78, 5) is 15.8. The van der Waals surface area contributed by atoms with Gasteiger partial charge in [0.15, 0.2) is 0 Å². The first-order valence-corrected chi connectivity index (χ1v) is 5.97. The van der Waals surface area contributed by atoms with E-state index in [-0.39, 0.29) is 0 Å². The second-order valence-electron chi connectivity index (χ2n) is 3.11. The first-order valence-electron chi connectivity index (χ1n) is 5.97. The number of rotatable bonds is 1. The summed E-state index contributed by atoms with van der Waals surface area (Å²) in [5, 5.41) is 0.982. The molecule has 0 saturated heterocycles. The molecular weight excluding hydrogens is 286 g/mol. The van der Waals surface area contributed by atoms with Gasteiger partial charge in [0.1, 0.15) is 0 Å². The third kappa shape index (κ3) is 12.7. The van der Waals surface area contributed by atoms with Gasteiger partial charge in [-0.15, -0.1) is 0 Å². The first-order chi connectivity index (χ1) is 11.2. The molecule has 3 nitrogen and oxygen atoms in total. The summed E-state index contributed by atoms with van der Waals surface area (Å²) in [7, 11) is 2.80. The molecule has 0 bridgehead atoms. The zero-order valence-corrected chi connectivity index (χ0v) is 12.8. The Labute approximate surface area is 137 Å². The van der Waals surface area contributed by atoms with Crippen molar-refractivity contribution in [2.45, 2.75) is 6.92 Å². The van der Waals surface area contributed by atoms with E-state index in [1.807, 2.05) is 0 Å². The molecule has 0 spiro atoms. The molecule has 0 aromatic rings. The van der Waals surface area contributed by atoms with Crippen LogP contribution in [0, 0.1) is 94.7 Å². The maximum absolute atomic E-state index is 11.2. The lowest BCUT2D eigenvalue weighted by atomic mass is 10.4. The molecule has 0 aliphatic rings. The minimum absolute atomic E-state index is 0.502. The predicted octanol–water partition coefficient (Wildman–Crippen LogP) is 0.0533. The minimum Gasteiger partial charge on any atom is -0.274 e. The van der Waals surface area contributed by atoms with E-state index in [4.69, 9.17) is 0 Å². The molecule has 0 heterocycles. The molecule has 0 aliphatic heterocycles. The predicted molar refractivity (Wildman–Crippen MR) is 87.7 cm³/mol. The highest BCUT2D eigenvalue weighted by atomic mass is 16.7. The average molecular weight is 295 g/mol. The molecular formula is C20H9NO2. The second kappa shape index (κ2) is 14.3. The fourth-order valence-corrected chi connectivity index (χ4v) is 0.684. The summed E-state index contributed by atoms with van der Waals surface area (Å²) in [5.41, 5.74) is 0. The van der Waals surface area contributed by atoms with Crippen molar-refractivity contribution in [1.29, 1.82) is 0 Å². The van der Waals surface area contributed by atoms with Crippen LogP contribution in [0.2, 0.25) is 0 Å². The van der Waals surface area contributed by atoms with Gasteiger partial charge in [-0.2, -0.15) is 0 Å². The quantitative estimate of drug-likeness (QED) is 0.505. The van der Waals surface area contributed by atoms with Crippen LogP contribution in [0.15, 0.2) is 0 Å². The maximum Gasteiger partial charge on any atom is 0.322 e. The molecule has 0 atom stereocenters. The molecule has 0 unspecified atom stereocenters. The zero-order chi connectivity index (χ0) is 17.2. The van der Waals surface area contributed by atoms with Crippen molar-refractivity contribution in [3.05, 3.63) is 0 Å². The van der Waals surface area contributed by atoms with Crippen molar-refractivity contribution >= 4 is 5.91 Å². The second-order valence-corrected chi connectivity index (χ2v) is 3.11. The zero-order valence-electron chi connectivity index (χ0n) is 12.8. The van der Waals surface area contributed by atoms with Crippen molar-refractivity contribution < 1.29 is 9.63 Å². The highest BCUT2D eigenvalue weighted by molar-refractivity contribution is 5.93. The van der Waals surface area contributed by atoms with Crippen molar-refractivity contribution in [3.8, 4) is 94.7 Å². The van der Waals surface area contributed by atoms with Crippen LogP contribution < -0.4 is 0 Å². The van der Waals surface area contributed by atoms with Gasteiger partial charge in [0.25, 0.3) is 0 Å². The fraction of sp³-hybridized carbons (Fsp3) is 0.150. The summed E-state index contributed by atoms with van der Waals surface area (Å²) < 4.78 is 0. The van der Waals surface area contributed by atoms with Crippen molar-refractivity contribution in [1.82, 2.24) is 5.06 Å². The molecule has 106 valence electrons. The van der Waals surface area contributed by atoms with E-state index in [0.717, 1.165) is 5.06 Å². The number of hydrogen-bond acceptors (Lipinski definition) is 2. The largest absolute Gasteiger partial charge is 0.322 e. The molecule has 0 saturated carbocycles. The van der Waals surface area contributed by atoms with Crippen molar-refractivity contribution in [3.63, 3.8) is 0 Å². The standard InChI is InChI=1S/C20H9NO2/c1-4-5-6-7-8-9-10-11-12-13-14-15-16-17-18-19-20(22)21(2)23-3/h1-3H3. The summed E-state index contributed by atoms with van der Waals surface area (Å²) in [6.07, 6.45) is 0. The summed E-state index contributed by atoms with van der Waals surface area (Å²) in [6.45, 7) is 1.69. The van der Waals surface area contributed by atoms with Crippen LogP contribution in [0.5, 0.6) is 0 Å². The molecule has 0 N–H and O–H groups in total. The molecule has 0 aliphatic carbocycles. The van der Waals surface area contributed by atoms with Crippen LogP contribution >= 0.6 is 0 Å². The third-order valence-corrected chi connectivity index (χ3v) is 1.67. The Morgan fingerprint density at radius 1 is 0.696 bits per heavy atom. The topological polar surface area (TPSA) is 29.5 Å². The van der Waals surface area contributed by atoms with Gasteiger partial charge >= 0.3 is 5.91 Å². The Kier molecular flexibility index (Phi) is 11.8. The highest BCUT2D eigenvalue weighted by Gasteiger charge is 2.00. The van der Waals surface area contributed by atoms with Crippen LogP contribution in [-0.2, 0) is 9.63 Å². The van der Waals surface area contributed by atoms with E-state index in [2.05, 4.69) is 99.6 Å². The van der Waals surface area contributed by atoms with Gasteiger partial charge in [-0.05, 0) is 89.8 Å². The van der Waals surface area contributed by atoms with E-state index >= 15 is 0 Å². The number of hydroxylamine groups is 2. The summed E-state index contributed by atoms with van der Waals surface area (Å²) >= 11 is 0. The molecule has 0 aromatic heterocycles. The van der Waals surface area contributed by atoms with Gasteiger partial charge in [0, 0.05) is 13.0 Å². The Balaban J connectivity index is 4.42. The molecule has 3 heteroatoms. The maximum atomic E-state index is 11.2. The van der Waals surface area contributed by atoms with Gasteiger partial charge in [0.2, 0.25) is 0 Å². The van der Waals surface area contributed by atoms with Crippen LogP contribution in [0.3, 0.4) is 0 Å². The first kappa shape index (κ1) is 18.9. The van der Waals surface area contributed by atoms with Crippen LogP contribution in [-0.4, -0.2) is 25.1 Å².